The van der Waals surface area contributed by atoms with Gasteiger partial charge < -0.3 is 4.98 Å². The van der Waals surface area contributed by atoms with Crippen LogP contribution in [0.3, 0.4) is 0 Å². The van der Waals surface area contributed by atoms with Crippen molar-refractivity contribution < 1.29 is 4.79 Å². The molecule has 6 rings (SSSR count). The highest BCUT2D eigenvalue weighted by Gasteiger charge is 2.17. The van der Waals surface area contributed by atoms with Gasteiger partial charge in [0.1, 0.15) is 16.9 Å². The summed E-state index contributed by atoms with van der Waals surface area (Å²) in [5.41, 5.74) is 5.25. The second-order valence-corrected chi connectivity index (χ2v) is 8.25. The van der Waals surface area contributed by atoms with Crippen LogP contribution in [-0.2, 0) is 0 Å². The highest BCUT2D eigenvalue weighted by Crippen LogP contribution is 2.34. The molecule has 0 aliphatic heterocycles. The summed E-state index contributed by atoms with van der Waals surface area (Å²) < 4.78 is 0. The minimum atomic E-state index is 0.0413. The van der Waals surface area contributed by atoms with Gasteiger partial charge >= 0.3 is 0 Å². The van der Waals surface area contributed by atoms with Crippen molar-refractivity contribution in [3.05, 3.63) is 60.3 Å². The van der Waals surface area contributed by atoms with Crippen molar-refractivity contribution in [2.45, 2.75) is 6.92 Å². The first-order valence-electron chi connectivity index (χ1n) is 9.73. The van der Waals surface area contributed by atoms with Crippen LogP contribution in [0.15, 0.2) is 55.4 Å². The van der Waals surface area contributed by atoms with E-state index in [2.05, 4.69) is 35.1 Å². The molecule has 0 bridgehead atoms. The standard InChI is InChI=1S/C22H14N8OS/c1-11(31)18-2-3-19(32-18)13-7-24-9-17-20(13)28-22(27-17)21-12-6-14(16-8-23-4-5-25-16)26-10-15(12)29-30-21/h2-10H,1H3,(H,27,28)(H,29,30). The summed E-state index contributed by atoms with van der Waals surface area (Å²) in [4.78, 5) is 38.8. The summed E-state index contributed by atoms with van der Waals surface area (Å²) >= 11 is 1.43. The lowest BCUT2D eigenvalue weighted by Gasteiger charge is -1.99. The van der Waals surface area contributed by atoms with Crippen molar-refractivity contribution in [2.75, 3.05) is 0 Å². The van der Waals surface area contributed by atoms with Gasteiger partial charge in [0.15, 0.2) is 11.6 Å². The topological polar surface area (TPSA) is 126 Å². The van der Waals surface area contributed by atoms with Crippen LogP contribution in [0, 0.1) is 0 Å². The van der Waals surface area contributed by atoms with Crippen LogP contribution in [0.25, 0.3) is 55.3 Å². The molecule has 9 nitrogen and oxygen atoms in total. The number of carbonyl (C=O) groups is 1. The molecular weight excluding hydrogens is 424 g/mol. The molecule has 0 spiro atoms. The third-order valence-corrected chi connectivity index (χ3v) is 6.33. The monoisotopic (exact) mass is 438 g/mol. The van der Waals surface area contributed by atoms with Crippen LogP contribution >= 0.6 is 11.3 Å². The molecule has 0 aromatic carbocycles. The fourth-order valence-electron chi connectivity index (χ4n) is 3.57. The molecular formula is C22H14N8OS. The number of aromatic nitrogens is 8. The summed E-state index contributed by atoms with van der Waals surface area (Å²) in [6.07, 6.45) is 10.1. The van der Waals surface area contributed by atoms with Gasteiger partial charge in [-0.15, -0.1) is 11.3 Å². The fourth-order valence-corrected chi connectivity index (χ4v) is 4.48. The average Bonchev–Trinajstić information content (AvgIpc) is 3.56. The molecule has 0 unspecified atom stereocenters. The van der Waals surface area contributed by atoms with Gasteiger partial charge in [-0.2, -0.15) is 5.10 Å². The van der Waals surface area contributed by atoms with E-state index in [9.17, 15) is 4.79 Å². The molecule has 0 aliphatic rings. The number of imidazole rings is 1. The molecule has 154 valence electrons. The minimum absolute atomic E-state index is 0.0413. The van der Waals surface area contributed by atoms with E-state index in [1.54, 1.807) is 44.1 Å². The smallest absolute Gasteiger partial charge is 0.169 e. The SMILES string of the molecule is CC(=O)c1ccc(-c2cncc3[nH]c(-c4n[nH]c5cnc(-c6cnccn6)cc45)nc23)s1. The zero-order valence-corrected chi connectivity index (χ0v) is 17.5. The van der Waals surface area contributed by atoms with Gasteiger partial charge in [0, 0.05) is 34.4 Å². The van der Waals surface area contributed by atoms with Crippen molar-refractivity contribution in [3.63, 3.8) is 0 Å². The zero-order valence-electron chi connectivity index (χ0n) is 16.7. The van der Waals surface area contributed by atoms with E-state index in [1.165, 1.54) is 11.3 Å². The van der Waals surface area contributed by atoms with Gasteiger partial charge in [0.2, 0.25) is 0 Å². The number of Topliss-reactive ketones (excluding diaryl/α,β-unsaturated/α-hetero) is 1. The minimum Gasteiger partial charge on any atom is -0.335 e. The molecule has 0 radical (unpaired) electrons. The first kappa shape index (κ1) is 18.5. The van der Waals surface area contributed by atoms with Gasteiger partial charge in [-0.05, 0) is 25.1 Å². The van der Waals surface area contributed by atoms with E-state index in [-0.39, 0.29) is 5.78 Å². The van der Waals surface area contributed by atoms with Crippen molar-refractivity contribution in [1.82, 2.24) is 40.1 Å². The van der Waals surface area contributed by atoms with Crippen LogP contribution in [0.4, 0.5) is 0 Å². The molecule has 6 aromatic rings. The Balaban J connectivity index is 1.49. The summed E-state index contributed by atoms with van der Waals surface area (Å²) in [7, 11) is 0. The number of pyridine rings is 2. The fraction of sp³-hybridized carbons (Fsp3) is 0.0455. The molecule has 6 heterocycles. The molecule has 0 saturated carbocycles. The van der Waals surface area contributed by atoms with E-state index in [1.807, 2.05) is 18.2 Å². The lowest BCUT2D eigenvalue weighted by Crippen LogP contribution is -1.88. The number of aromatic amines is 2. The molecule has 0 atom stereocenters. The number of fused-ring (bicyclic) bond motifs is 2. The molecule has 0 aliphatic carbocycles. The first-order valence-corrected chi connectivity index (χ1v) is 10.5. The van der Waals surface area contributed by atoms with Crippen molar-refractivity contribution >= 4 is 39.1 Å². The number of hydrogen-bond acceptors (Lipinski definition) is 8. The van der Waals surface area contributed by atoms with E-state index in [0.717, 1.165) is 32.4 Å². The predicted molar refractivity (Wildman–Crippen MR) is 121 cm³/mol. The second-order valence-electron chi connectivity index (χ2n) is 7.17. The average molecular weight is 438 g/mol. The summed E-state index contributed by atoms with van der Waals surface area (Å²) in [6, 6.07) is 5.68. The number of ketones is 1. The summed E-state index contributed by atoms with van der Waals surface area (Å²) in [6.45, 7) is 1.56. The van der Waals surface area contributed by atoms with Gasteiger partial charge in [-0.25, -0.2) is 4.98 Å². The van der Waals surface area contributed by atoms with Crippen LogP contribution in [-0.4, -0.2) is 45.9 Å². The highest BCUT2D eigenvalue weighted by atomic mass is 32.1. The Morgan fingerprint density at radius 2 is 1.91 bits per heavy atom. The quantitative estimate of drug-likeness (QED) is 0.393. The van der Waals surface area contributed by atoms with Gasteiger partial charge in [0.25, 0.3) is 0 Å². The maximum absolute atomic E-state index is 11.7. The number of nitrogens with zero attached hydrogens (tertiary/aromatic N) is 6. The number of nitrogens with one attached hydrogen (secondary N) is 2. The van der Waals surface area contributed by atoms with Crippen molar-refractivity contribution in [3.8, 4) is 33.3 Å². The van der Waals surface area contributed by atoms with Crippen molar-refractivity contribution in [1.29, 1.82) is 0 Å². The maximum Gasteiger partial charge on any atom is 0.169 e. The highest BCUT2D eigenvalue weighted by molar-refractivity contribution is 7.17. The number of rotatable bonds is 4. The Labute approximate surface area is 184 Å². The lowest BCUT2D eigenvalue weighted by molar-refractivity contribution is 0.102. The first-order chi connectivity index (χ1) is 15.7. The second kappa shape index (κ2) is 7.13. The zero-order chi connectivity index (χ0) is 21.7. The van der Waals surface area contributed by atoms with E-state index in [0.29, 0.717) is 27.8 Å². The normalized spacial score (nSPS) is 11.4. The number of thiophene rings is 1. The Morgan fingerprint density at radius 3 is 2.72 bits per heavy atom. The maximum atomic E-state index is 11.7. The van der Waals surface area contributed by atoms with Gasteiger partial charge in [-0.1, -0.05) is 0 Å². The Hall–Kier alpha value is -4.31. The van der Waals surface area contributed by atoms with E-state index >= 15 is 0 Å². The third kappa shape index (κ3) is 2.96. The number of carbonyl (C=O) groups excluding carboxylic acids is 1. The van der Waals surface area contributed by atoms with Crippen molar-refractivity contribution in [2.24, 2.45) is 0 Å². The van der Waals surface area contributed by atoms with E-state index in [4.69, 9.17) is 4.98 Å². The summed E-state index contributed by atoms with van der Waals surface area (Å²) in [5, 5.41) is 8.35. The summed E-state index contributed by atoms with van der Waals surface area (Å²) in [5.74, 6) is 0.653. The number of hydrogen-bond donors (Lipinski definition) is 2. The Bertz CT molecular complexity index is 1620. The van der Waals surface area contributed by atoms with Crippen LogP contribution < -0.4 is 0 Å². The third-order valence-electron chi connectivity index (χ3n) is 5.11. The lowest BCUT2D eigenvalue weighted by atomic mass is 10.2. The Kier molecular flexibility index (Phi) is 4.12. The molecule has 10 heteroatoms. The molecule has 0 amide bonds. The molecule has 2 N–H and O–H groups in total. The molecule has 6 aromatic heterocycles. The van der Waals surface area contributed by atoms with Gasteiger partial charge in [0.05, 0.1) is 40.2 Å². The largest absolute Gasteiger partial charge is 0.335 e. The number of H-pyrrole nitrogens is 2. The van der Waals surface area contributed by atoms with E-state index < -0.39 is 0 Å². The Morgan fingerprint density at radius 1 is 0.969 bits per heavy atom. The van der Waals surface area contributed by atoms with Gasteiger partial charge in [-0.3, -0.25) is 29.8 Å². The van der Waals surface area contributed by atoms with Crippen LogP contribution in [0.5, 0.6) is 0 Å². The molecule has 0 saturated heterocycles. The van der Waals surface area contributed by atoms with Crippen LogP contribution in [0.2, 0.25) is 0 Å². The molecule has 0 fully saturated rings. The van der Waals surface area contributed by atoms with Crippen LogP contribution in [0.1, 0.15) is 16.6 Å². The molecule has 32 heavy (non-hydrogen) atoms. The predicted octanol–water partition coefficient (Wildman–Crippen LogP) is 4.28.